The number of benzene rings is 2. The fourth-order valence-corrected chi connectivity index (χ4v) is 4.30. The maximum Gasteiger partial charge on any atom is 0.295 e. The molecule has 1 atom stereocenters. The lowest BCUT2D eigenvalue weighted by molar-refractivity contribution is -0.139. The molecule has 1 amide bonds. The van der Waals surface area contributed by atoms with Gasteiger partial charge in [-0.3, -0.25) is 9.59 Å². The molecule has 0 spiro atoms. The van der Waals surface area contributed by atoms with E-state index in [-0.39, 0.29) is 11.3 Å². The van der Waals surface area contributed by atoms with Crippen LogP contribution in [0.4, 0.5) is 0 Å². The molecule has 1 aromatic heterocycles. The van der Waals surface area contributed by atoms with Gasteiger partial charge in [0.25, 0.3) is 11.7 Å². The number of carbonyl (C=O) groups is 2. The molecular formula is C25H27N3O4. The van der Waals surface area contributed by atoms with Crippen LogP contribution in [0.2, 0.25) is 0 Å². The molecule has 0 aliphatic carbocycles. The normalized spacial score (nSPS) is 18.1. The number of nitrogens with one attached hydrogen (secondary N) is 1. The Morgan fingerprint density at radius 3 is 2.59 bits per heavy atom. The number of aliphatic hydroxyl groups is 1. The van der Waals surface area contributed by atoms with Crippen molar-refractivity contribution in [1.82, 2.24) is 14.8 Å². The molecule has 166 valence electrons. The van der Waals surface area contributed by atoms with Crippen LogP contribution in [0.15, 0.2) is 60.3 Å². The molecule has 7 nitrogen and oxygen atoms in total. The molecule has 4 rings (SSSR count). The Hall–Kier alpha value is -3.58. The predicted molar refractivity (Wildman–Crippen MR) is 123 cm³/mol. The van der Waals surface area contributed by atoms with Gasteiger partial charge in [0.1, 0.15) is 11.5 Å². The number of aromatic amines is 1. The van der Waals surface area contributed by atoms with Gasteiger partial charge in [-0.05, 0) is 45.3 Å². The summed E-state index contributed by atoms with van der Waals surface area (Å²) >= 11 is 0. The third-order valence-electron chi connectivity index (χ3n) is 5.82. The van der Waals surface area contributed by atoms with Gasteiger partial charge in [-0.25, -0.2) is 0 Å². The number of methoxy groups -OCH3 is 1. The van der Waals surface area contributed by atoms with Crippen molar-refractivity contribution < 1.29 is 19.4 Å². The average molecular weight is 434 g/mol. The van der Waals surface area contributed by atoms with Crippen molar-refractivity contribution in [2.24, 2.45) is 0 Å². The minimum Gasteiger partial charge on any atom is -0.507 e. The lowest BCUT2D eigenvalue weighted by Crippen LogP contribution is -2.32. The van der Waals surface area contributed by atoms with Crippen molar-refractivity contribution in [2.45, 2.75) is 12.5 Å². The summed E-state index contributed by atoms with van der Waals surface area (Å²) < 4.78 is 5.39. The number of rotatable bonds is 7. The molecule has 1 aliphatic rings. The summed E-state index contributed by atoms with van der Waals surface area (Å²) in [6.07, 6.45) is 2.52. The minimum absolute atomic E-state index is 0.0779. The molecule has 2 N–H and O–H groups in total. The highest BCUT2D eigenvalue weighted by molar-refractivity contribution is 6.46. The zero-order valence-electron chi connectivity index (χ0n) is 18.5. The Morgan fingerprint density at radius 1 is 1.12 bits per heavy atom. The number of ketones is 1. The maximum absolute atomic E-state index is 13.2. The number of carbonyl (C=O) groups excluding carboxylic acids is 2. The van der Waals surface area contributed by atoms with Gasteiger partial charge in [0.15, 0.2) is 0 Å². The summed E-state index contributed by atoms with van der Waals surface area (Å²) in [5.41, 5.74) is 2.14. The smallest absolute Gasteiger partial charge is 0.295 e. The van der Waals surface area contributed by atoms with Crippen molar-refractivity contribution >= 4 is 28.4 Å². The number of likely N-dealkylation sites (tertiary alicyclic amines) is 1. The Bertz CT molecular complexity index is 1190. The van der Waals surface area contributed by atoms with E-state index in [1.807, 2.05) is 49.5 Å². The van der Waals surface area contributed by atoms with Gasteiger partial charge < -0.3 is 24.6 Å². The van der Waals surface area contributed by atoms with Gasteiger partial charge in [0.2, 0.25) is 0 Å². The molecule has 0 bridgehead atoms. The molecule has 3 aromatic rings. The van der Waals surface area contributed by atoms with Crippen LogP contribution in [-0.4, -0.2) is 65.9 Å². The summed E-state index contributed by atoms with van der Waals surface area (Å²) in [6, 6.07) is 14.0. The fraction of sp³-hybridized carbons (Fsp3) is 0.280. The summed E-state index contributed by atoms with van der Waals surface area (Å²) in [4.78, 5) is 33.1. The zero-order valence-corrected chi connectivity index (χ0v) is 18.5. The van der Waals surface area contributed by atoms with Gasteiger partial charge >= 0.3 is 0 Å². The number of aliphatic hydroxyl groups excluding tert-OH is 1. The van der Waals surface area contributed by atoms with E-state index in [4.69, 9.17) is 4.74 Å². The predicted octanol–water partition coefficient (Wildman–Crippen LogP) is 3.55. The van der Waals surface area contributed by atoms with Gasteiger partial charge in [-0.1, -0.05) is 30.3 Å². The van der Waals surface area contributed by atoms with E-state index in [0.717, 1.165) is 23.0 Å². The summed E-state index contributed by atoms with van der Waals surface area (Å²) in [6.45, 7) is 1.17. The molecule has 32 heavy (non-hydrogen) atoms. The number of Topliss-reactive ketones (excluding diaryl/α,β-unsaturated/α-hetero) is 1. The van der Waals surface area contributed by atoms with E-state index in [1.54, 1.807) is 29.2 Å². The van der Waals surface area contributed by atoms with Crippen LogP contribution < -0.4 is 4.74 Å². The number of H-pyrrole nitrogens is 1. The monoisotopic (exact) mass is 433 g/mol. The average Bonchev–Trinajstić information content (AvgIpc) is 3.32. The second kappa shape index (κ2) is 8.88. The van der Waals surface area contributed by atoms with Gasteiger partial charge in [-0.2, -0.15) is 0 Å². The first-order chi connectivity index (χ1) is 15.4. The molecule has 7 heteroatoms. The van der Waals surface area contributed by atoms with Crippen LogP contribution >= 0.6 is 0 Å². The number of nitrogens with zero attached hydrogens (tertiary/aromatic N) is 2. The van der Waals surface area contributed by atoms with Crippen molar-refractivity contribution in [3.8, 4) is 5.75 Å². The number of ether oxygens (including phenoxy) is 1. The molecule has 1 saturated heterocycles. The number of fused-ring (bicyclic) bond motifs is 1. The Kier molecular flexibility index (Phi) is 6.01. The van der Waals surface area contributed by atoms with Crippen molar-refractivity contribution in [3.63, 3.8) is 0 Å². The Balaban J connectivity index is 1.89. The molecule has 2 heterocycles. The molecule has 0 saturated carbocycles. The number of amides is 1. The molecule has 1 aliphatic heterocycles. The fourth-order valence-electron chi connectivity index (χ4n) is 4.30. The zero-order chi connectivity index (χ0) is 22.8. The first-order valence-corrected chi connectivity index (χ1v) is 10.6. The topological polar surface area (TPSA) is 85.9 Å². The third-order valence-corrected chi connectivity index (χ3v) is 5.82. The summed E-state index contributed by atoms with van der Waals surface area (Å²) in [5, 5.41) is 12.2. The van der Waals surface area contributed by atoms with Crippen molar-refractivity contribution in [1.29, 1.82) is 0 Å². The van der Waals surface area contributed by atoms with Crippen LogP contribution in [-0.2, 0) is 9.59 Å². The van der Waals surface area contributed by atoms with Gasteiger partial charge in [0.05, 0.1) is 24.3 Å². The number of hydrogen-bond donors (Lipinski definition) is 2. The van der Waals surface area contributed by atoms with Crippen LogP contribution in [0, 0.1) is 0 Å². The second-order valence-corrected chi connectivity index (χ2v) is 8.14. The van der Waals surface area contributed by atoms with E-state index in [1.165, 1.54) is 7.11 Å². The summed E-state index contributed by atoms with van der Waals surface area (Å²) in [7, 11) is 5.43. The van der Waals surface area contributed by atoms with Crippen LogP contribution in [0.5, 0.6) is 5.75 Å². The number of para-hydroxylation sites is 2. The highest BCUT2D eigenvalue weighted by Crippen LogP contribution is 2.43. The van der Waals surface area contributed by atoms with E-state index >= 15 is 0 Å². The SMILES string of the molecule is COc1ccccc1/C(O)=C1\C(=O)C(=O)N(CCCN(C)C)C1c1c[nH]c2ccccc12. The standard InChI is InChI=1S/C25H27N3O4/c1-27(2)13-8-14-28-22(18-15-26-19-11-6-4-9-16(18)19)21(24(30)25(28)31)23(29)17-10-5-7-12-20(17)32-3/h4-7,9-12,15,22,26,29H,8,13-14H2,1-3H3/b23-21+. The largest absolute Gasteiger partial charge is 0.507 e. The van der Waals surface area contributed by atoms with E-state index < -0.39 is 17.7 Å². The lowest BCUT2D eigenvalue weighted by atomic mass is 9.94. The number of aromatic nitrogens is 1. The van der Waals surface area contributed by atoms with E-state index in [0.29, 0.717) is 24.3 Å². The maximum atomic E-state index is 13.2. The van der Waals surface area contributed by atoms with Crippen LogP contribution in [0.25, 0.3) is 16.7 Å². The lowest BCUT2D eigenvalue weighted by Gasteiger charge is -2.25. The van der Waals surface area contributed by atoms with Gasteiger partial charge in [0, 0.05) is 29.2 Å². The summed E-state index contributed by atoms with van der Waals surface area (Å²) in [5.74, 6) is -1.09. The van der Waals surface area contributed by atoms with E-state index in [2.05, 4.69) is 4.98 Å². The first-order valence-electron chi connectivity index (χ1n) is 10.6. The van der Waals surface area contributed by atoms with E-state index in [9.17, 15) is 14.7 Å². The molecule has 1 fully saturated rings. The van der Waals surface area contributed by atoms with Crippen molar-refractivity contribution in [3.05, 3.63) is 71.4 Å². The van der Waals surface area contributed by atoms with Crippen LogP contribution in [0.3, 0.4) is 0 Å². The third kappa shape index (κ3) is 3.76. The minimum atomic E-state index is -0.696. The molecular weight excluding hydrogens is 406 g/mol. The number of hydrogen-bond acceptors (Lipinski definition) is 5. The molecule has 1 unspecified atom stereocenters. The molecule has 0 radical (unpaired) electrons. The first kappa shape index (κ1) is 21.6. The Labute approximate surface area is 186 Å². The van der Waals surface area contributed by atoms with Crippen LogP contribution in [0.1, 0.15) is 23.6 Å². The Morgan fingerprint density at radius 2 is 1.84 bits per heavy atom. The molecule has 2 aromatic carbocycles. The quantitative estimate of drug-likeness (QED) is 0.338. The second-order valence-electron chi connectivity index (χ2n) is 8.14. The highest BCUT2D eigenvalue weighted by atomic mass is 16.5. The highest BCUT2D eigenvalue weighted by Gasteiger charge is 2.46. The van der Waals surface area contributed by atoms with Crippen molar-refractivity contribution in [2.75, 3.05) is 34.3 Å². The van der Waals surface area contributed by atoms with Gasteiger partial charge in [-0.15, -0.1) is 0 Å².